The SMILES string of the molecule is C[C@@H](OC[C@H](O)CSc1nnc(-c2ccc(F)cc2)o1)c1ccc(Cl)cc1. The van der Waals surface area contributed by atoms with Gasteiger partial charge in [-0.15, -0.1) is 10.2 Å². The van der Waals surface area contributed by atoms with E-state index in [4.69, 9.17) is 20.8 Å². The number of nitrogens with zero attached hydrogens (tertiary/aromatic N) is 2. The highest BCUT2D eigenvalue weighted by atomic mass is 35.5. The number of rotatable bonds is 8. The minimum absolute atomic E-state index is 0.157. The molecule has 0 aliphatic heterocycles. The fourth-order valence-electron chi connectivity index (χ4n) is 2.28. The number of halogens is 2. The Labute approximate surface area is 165 Å². The van der Waals surface area contributed by atoms with Crippen molar-refractivity contribution in [3.05, 3.63) is 64.9 Å². The van der Waals surface area contributed by atoms with Crippen LogP contribution in [0.25, 0.3) is 11.5 Å². The first-order valence-electron chi connectivity index (χ1n) is 8.28. The maximum Gasteiger partial charge on any atom is 0.276 e. The average molecular weight is 409 g/mol. The number of aliphatic hydroxyl groups excluding tert-OH is 1. The summed E-state index contributed by atoms with van der Waals surface area (Å²) in [5.41, 5.74) is 1.62. The summed E-state index contributed by atoms with van der Waals surface area (Å²) in [4.78, 5) is 0. The summed E-state index contributed by atoms with van der Waals surface area (Å²) >= 11 is 7.11. The summed E-state index contributed by atoms with van der Waals surface area (Å²) in [7, 11) is 0. The molecule has 0 bridgehead atoms. The van der Waals surface area contributed by atoms with Crippen molar-refractivity contribution in [2.24, 2.45) is 0 Å². The summed E-state index contributed by atoms with van der Waals surface area (Å²) in [6, 6.07) is 13.2. The molecule has 5 nitrogen and oxygen atoms in total. The predicted octanol–water partition coefficient (Wildman–Crippen LogP) is 4.76. The molecule has 1 N–H and O–H groups in total. The van der Waals surface area contributed by atoms with Crippen LogP contribution < -0.4 is 0 Å². The second kappa shape index (κ2) is 9.32. The van der Waals surface area contributed by atoms with Crippen LogP contribution in [0.1, 0.15) is 18.6 Å². The second-order valence-corrected chi connectivity index (χ2v) is 7.28. The molecule has 1 heterocycles. The number of hydrogen-bond donors (Lipinski definition) is 1. The van der Waals surface area contributed by atoms with Gasteiger partial charge in [-0.25, -0.2) is 4.39 Å². The van der Waals surface area contributed by atoms with E-state index in [1.165, 1.54) is 23.9 Å². The molecule has 0 radical (unpaired) electrons. The molecule has 0 unspecified atom stereocenters. The molecule has 2 aromatic carbocycles. The molecule has 142 valence electrons. The molecule has 0 saturated heterocycles. The van der Waals surface area contributed by atoms with E-state index in [1.807, 2.05) is 19.1 Å². The highest BCUT2D eigenvalue weighted by Crippen LogP contribution is 2.24. The van der Waals surface area contributed by atoms with E-state index in [0.29, 0.717) is 27.5 Å². The Kier molecular flexibility index (Phi) is 6.84. The summed E-state index contributed by atoms with van der Waals surface area (Å²) < 4.78 is 24.2. The summed E-state index contributed by atoms with van der Waals surface area (Å²) in [6.07, 6.45) is -0.846. The van der Waals surface area contributed by atoms with Crippen molar-refractivity contribution in [1.82, 2.24) is 10.2 Å². The summed E-state index contributed by atoms with van der Waals surface area (Å²) in [5, 5.41) is 19.0. The predicted molar refractivity (Wildman–Crippen MR) is 102 cm³/mol. The molecule has 27 heavy (non-hydrogen) atoms. The number of thioether (sulfide) groups is 1. The Morgan fingerprint density at radius 2 is 1.85 bits per heavy atom. The van der Waals surface area contributed by atoms with Crippen molar-refractivity contribution in [3.63, 3.8) is 0 Å². The van der Waals surface area contributed by atoms with E-state index < -0.39 is 6.10 Å². The number of ether oxygens (including phenoxy) is 1. The normalized spacial score (nSPS) is 13.5. The Morgan fingerprint density at radius 1 is 1.15 bits per heavy atom. The third kappa shape index (κ3) is 5.77. The van der Waals surface area contributed by atoms with E-state index in [2.05, 4.69) is 10.2 Å². The van der Waals surface area contributed by atoms with Gasteiger partial charge in [-0.3, -0.25) is 0 Å². The molecule has 0 saturated carbocycles. The first-order valence-corrected chi connectivity index (χ1v) is 9.65. The highest BCUT2D eigenvalue weighted by molar-refractivity contribution is 7.99. The number of hydrogen-bond acceptors (Lipinski definition) is 6. The van der Waals surface area contributed by atoms with Crippen LogP contribution in [0.5, 0.6) is 0 Å². The first kappa shape index (κ1) is 19.8. The Bertz CT molecular complexity index is 858. The van der Waals surface area contributed by atoms with Gasteiger partial charge in [-0.05, 0) is 48.9 Å². The Morgan fingerprint density at radius 3 is 2.56 bits per heavy atom. The van der Waals surface area contributed by atoms with E-state index >= 15 is 0 Å². The summed E-state index contributed by atoms with van der Waals surface area (Å²) in [5.74, 6) is 0.321. The lowest BCUT2D eigenvalue weighted by Gasteiger charge is -2.16. The van der Waals surface area contributed by atoms with Crippen LogP contribution in [0.15, 0.2) is 58.2 Å². The van der Waals surface area contributed by atoms with Gasteiger partial charge in [0.15, 0.2) is 0 Å². The topological polar surface area (TPSA) is 68.4 Å². The summed E-state index contributed by atoms with van der Waals surface area (Å²) in [6.45, 7) is 2.09. The van der Waals surface area contributed by atoms with Gasteiger partial charge < -0.3 is 14.3 Å². The molecule has 0 fully saturated rings. The van der Waals surface area contributed by atoms with Gasteiger partial charge in [0.05, 0.1) is 18.8 Å². The molecule has 0 amide bonds. The van der Waals surface area contributed by atoms with Crippen molar-refractivity contribution in [2.45, 2.75) is 24.4 Å². The van der Waals surface area contributed by atoms with Crippen molar-refractivity contribution in [3.8, 4) is 11.5 Å². The zero-order valence-corrected chi connectivity index (χ0v) is 16.1. The standard InChI is InChI=1S/C19H18ClFN2O3S/c1-12(13-2-6-15(20)7-3-13)25-10-17(24)11-27-19-23-22-18(26-19)14-4-8-16(21)9-5-14/h2-9,12,17,24H,10-11H2,1H3/t12-,17+/m1/s1. The lowest BCUT2D eigenvalue weighted by Crippen LogP contribution is -2.19. The molecular weight excluding hydrogens is 391 g/mol. The van der Waals surface area contributed by atoms with Gasteiger partial charge in [0.25, 0.3) is 5.22 Å². The first-order chi connectivity index (χ1) is 13.0. The minimum Gasteiger partial charge on any atom is -0.411 e. The van der Waals surface area contributed by atoms with Crippen molar-refractivity contribution < 1.29 is 18.7 Å². The van der Waals surface area contributed by atoms with Crippen LogP contribution >= 0.6 is 23.4 Å². The third-order valence-electron chi connectivity index (χ3n) is 3.77. The van der Waals surface area contributed by atoms with Crippen LogP contribution in [0.3, 0.4) is 0 Å². The van der Waals surface area contributed by atoms with Crippen LogP contribution in [-0.2, 0) is 4.74 Å². The maximum atomic E-state index is 13.0. The van der Waals surface area contributed by atoms with Crippen molar-refractivity contribution >= 4 is 23.4 Å². The van der Waals surface area contributed by atoms with E-state index in [0.717, 1.165) is 5.56 Å². The highest BCUT2D eigenvalue weighted by Gasteiger charge is 2.14. The second-order valence-electron chi connectivity index (χ2n) is 5.87. The average Bonchev–Trinajstić information content (AvgIpc) is 3.14. The van der Waals surface area contributed by atoms with Gasteiger partial charge in [0.2, 0.25) is 5.89 Å². The van der Waals surface area contributed by atoms with Crippen LogP contribution in [0, 0.1) is 5.82 Å². The maximum absolute atomic E-state index is 13.0. The van der Waals surface area contributed by atoms with Crippen molar-refractivity contribution in [2.75, 3.05) is 12.4 Å². The van der Waals surface area contributed by atoms with Crippen LogP contribution in [0.2, 0.25) is 5.02 Å². The molecule has 3 aromatic rings. The fraction of sp³-hybridized carbons (Fsp3) is 0.263. The van der Waals surface area contributed by atoms with E-state index in [-0.39, 0.29) is 18.5 Å². The van der Waals surface area contributed by atoms with Crippen LogP contribution in [0.4, 0.5) is 4.39 Å². The Balaban J connectivity index is 1.46. The smallest absolute Gasteiger partial charge is 0.276 e. The van der Waals surface area contributed by atoms with Gasteiger partial charge >= 0.3 is 0 Å². The largest absolute Gasteiger partial charge is 0.411 e. The van der Waals surface area contributed by atoms with Crippen molar-refractivity contribution in [1.29, 1.82) is 0 Å². The zero-order chi connectivity index (χ0) is 19.2. The lowest BCUT2D eigenvalue weighted by molar-refractivity contribution is 0.00618. The Hall–Kier alpha value is -1.93. The fourth-order valence-corrected chi connectivity index (χ4v) is 3.07. The molecule has 3 rings (SSSR count). The zero-order valence-electron chi connectivity index (χ0n) is 14.5. The molecular formula is C19H18ClFN2O3S. The number of aliphatic hydroxyl groups is 1. The minimum atomic E-state index is -0.689. The number of benzene rings is 2. The van der Waals surface area contributed by atoms with Gasteiger partial charge in [-0.2, -0.15) is 0 Å². The molecule has 0 spiro atoms. The molecule has 0 aliphatic carbocycles. The van der Waals surface area contributed by atoms with Gasteiger partial charge in [0.1, 0.15) is 5.82 Å². The molecule has 8 heteroatoms. The van der Waals surface area contributed by atoms with E-state index in [9.17, 15) is 9.50 Å². The lowest BCUT2D eigenvalue weighted by atomic mass is 10.1. The van der Waals surface area contributed by atoms with Crippen LogP contribution in [-0.4, -0.2) is 33.8 Å². The molecule has 1 aromatic heterocycles. The molecule has 2 atom stereocenters. The van der Waals surface area contributed by atoms with Gasteiger partial charge in [-0.1, -0.05) is 35.5 Å². The van der Waals surface area contributed by atoms with Gasteiger partial charge in [0, 0.05) is 16.3 Å². The third-order valence-corrected chi connectivity index (χ3v) is 4.99. The number of aromatic nitrogens is 2. The quantitative estimate of drug-likeness (QED) is 0.542. The van der Waals surface area contributed by atoms with E-state index in [1.54, 1.807) is 24.3 Å². The monoisotopic (exact) mass is 408 g/mol. The molecule has 0 aliphatic rings.